The van der Waals surface area contributed by atoms with Gasteiger partial charge in [0.25, 0.3) is 0 Å². The number of halogens is 2. The summed E-state index contributed by atoms with van der Waals surface area (Å²) in [4.78, 5) is 0. The molecule has 0 bridgehead atoms. The topological polar surface area (TPSA) is 12.0 Å². The summed E-state index contributed by atoms with van der Waals surface area (Å²) in [5.74, 6) is 0.645. The van der Waals surface area contributed by atoms with Crippen molar-refractivity contribution in [3.63, 3.8) is 0 Å². The maximum Gasteiger partial charge on any atom is -1.00 e. The molecule has 0 saturated heterocycles. The predicted molar refractivity (Wildman–Crippen MR) is 70.3 cm³/mol. The molecule has 1 aromatic carbocycles. The summed E-state index contributed by atoms with van der Waals surface area (Å²) in [6.07, 6.45) is 0. The van der Waals surface area contributed by atoms with Gasteiger partial charge in [-0.25, -0.2) is 0 Å². The van der Waals surface area contributed by atoms with Crippen LogP contribution >= 0.6 is 0 Å². The molecular formula is C15H19Cl2NTi. The Morgan fingerprint density at radius 2 is 1.53 bits per heavy atom. The van der Waals surface area contributed by atoms with Crippen molar-refractivity contribution in [2.45, 2.75) is 27.7 Å². The fourth-order valence-corrected chi connectivity index (χ4v) is 4.18. The quantitative estimate of drug-likeness (QED) is 0.655. The van der Waals surface area contributed by atoms with Crippen LogP contribution in [0.1, 0.15) is 27.7 Å². The largest absolute Gasteiger partial charge is 1.00 e. The van der Waals surface area contributed by atoms with Gasteiger partial charge in [0, 0.05) is 0 Å². The van der Waals surface area contributed by atoms with E-state index in [-0.39, 0.29) is 44.2 Å². The predicted octanol–water partition coefficient (Wildman–Crippen LogP) is -1.64. The summed E-state index contributed by atoms with van der Waals surface area (Å²) in [5, 5.41) is 0. The molecule has 1 atom stereocenters. The molecule has 1 N–H and O–H groups in total. The zero-order valence-electron chi connectivity index (χ0n) is 11.7. The van der Waals surface area contributed by atoms with E-state index in [1.807, 2.05) is 0 Å². The average Bonchev–Trinajstić information content (AvgIpc) is 2.54. The minimum Gasteiger partial charge on any atom is -1.00 e. The second-order valence-electron chi connectivity index (χ2n) is 4.68. The first-order valence-corrected chi connectivity index (χ1v) is 7.63. The molecule has 0 aliphatic heterocycles. The van der Waals surface area contributed by atoms with Crippen molar-refractivity contribution < 1.29 is 44.2 Å². The van der Waals surface area contributed by atoms with E-state index in [4.69, 9.17) is 0 Å². The number of rotatable bonds is 3. The molecule has 0 fully saturated rings. The van der Waals surface area contributed by atoms with Crippen LogP contribution in [0.5, 0.6) is 0 Å². The van der Waals surface area contributed by atoms with E-state index >= 15 is 0 Å². The van der Waals surface area contributed by atoms with Gasteiger partial charge in [0.1, 0.15) is 0 Å². The van der Waals surface area contributed by atoms with Gasteiger partial charge >= 0.3 is 113 Å². The summed E-state index contributed by atoms with van der Waals surface area (Å²) in [6.45, 7) is 9.13. The van der Waals surface area contributed by atoms with Crippen LogP contribution in [-0.4, -0.2) is 0 Å². The molecule has 0 spiro atoms. The summed E-state index contributed by atoms with van der Waals surface area (Å²) in [7, 11) is 0. The number of allylic oxidation sites excluding steroid dienone is 4. The third-order valence-electron chi connectivity index (χ3n) is 3.76. The third-order valence-corrected chi connectivity index (χ3v) is 6.08. The molecule has 0 amide bonds. The Labute approximate surface area is 138 Å². The Morgan fingerprint density at radius 3 is 2.00 bits per heavy atom. The van der Waals surface area contributed by atoms with Crippen molar-refractivity contribution >= 4 is 5.69 Å². The smallest absolute Gasteiger partial charge is 1.00 e. The summed E-state index contributed by atoms with van der Waals surface area (Å²) in [6, 6.07) is 10.5. The normalized spacial score (nSPS) is 17.6. The summed E-state index contributed by atoms with van der Waals surface area (Å²) in [5.41, 5.74) is 5.84. The van der Waals surface area contributed by atoms with Gasteiger partial charge in [-0.05, 0) is 0 Å². The van der Waals surface area contributed by atoms with Crippen molar-refractivity contribution in [2.24, 2.45) is 5.92 Å². The Balaban J connectivity index is 0.00000162. The maximum atomic E-state index is 3.63. The molecule has 1 aliphatic rings. The van der Waals surface area contributed by atoms with E-state index in [1.54, 1.807) is 9.45 Å². The Kier molecular flexibility index (Phi) is 8.08. The first kappa shape index (κ1) is 18.8. The maximum absolute atomic E-state index is 3.63. The van der Waals surface area contributed by atoms with E-state index in [9.17, 15) is 0 Å². The van der Waals surface area contributed by atoms with Crippen molar-refractivity contribution in [1.29, 1.82) is 0 Å². The van der Waals surface area contributed by atoms with Crippen LogP contribution in [-0.2, 0) is 19.4 Å². The Bertz CT molecular complexity index is 480. The van der Waals surface area contributed by atoms with E-state index in [2.05, 4.69) is 61.8 Å². The average molecular weight is 332 g/mol. The third kappa shape index (κ3) is 4.13. The van der Waals surface area contributed by atoms with Gasteiger partial charge in [-0.1, -0.05) is 0 Å². The molecule has 0 heterocycles. The molecule has 1 nitrogen and oxygen atoms in total. The molecule has 0 saturated carbocycles. The molecule has 19 heavy (non-hydrogen) atoms. The number of hydrogen-bond donors (Lipinski definition) is 1. The van der Waals surface area contributed by atoms with Gasteiger partial charge in [0.2, 0.25) is 0 Å². The van der Waals surface area contributed by atoms with Crippen LogP contribution in [0.2, 0.25) is 0 Å². The minimum atomic E-state index is -0.248. The number of anilines is 1. The van der Waals surface area contributed by atoms with Crippen molar-refractivity contribution in [3.8, 4) is 0 Å². The number of nitrogens with one attached hydrogen (secondary N) is 1. The molecule has 4 heteroatoms. The molecule has 1 aromatic rings. The van der Waals surface area contributed by atoms with Crippen LogP contribution in [0.3, 0.4) is 0 Å². The number of benzene rings is 1. The molecule has 1 unspecified atom stereocenters. The zero-order chi connectivity index (χ0) is 12.4. The van der Waals surface area contributed by atoms with Crippen LogP contribution in [0, 0.1) is 5.92 Å². The zero-order valence-corrected chi connectivity index (χ0v) is 14.8. The van der Waals surface area contributed by atoms with Crippen LogP contribution in [0.15, 0.2) is 50.9 Å². The second kappa shape index (κ2) is 8.16. The summed E-state index contributed by atoms with van der Waals surface area (Å²) >= 11 is -0.248. The molecular weight excluding hydrogens is 313 g/mol. The van der Waals surface area contributed by atoms with E-state index < -0.39 is 0 Å². The van der Waals surface area contributed by atoms with Gasteiger partial charge in [-0.15, -0.1) is 0 Å². The Hall–Kier alpha value is -0.206. The molecule has 0 aromatic heterocycles. The first-order chi connectivity index (χ1) is 8.11. The number of hydrogen-bond acceptors (Lipinski definition) is 1. The number of para-hydroxylation sites is 1. The van der Waals surface area contributed by atoms with Crippen LogP contribution in [0.25, 0.3) is 0 Å². The summed E-state index contributed by atoms with van der Waals surface area (Å²) < 4.78 is 5.29. The van der Waals surface area contributed by atoms with E-state index in [0.717, 1.165) is 0 Å². The first-order valence-electron chi connectivity index (χ1n) is 6.07. The fraction of sp³-hybridized carbons (Fsp3) is 0.333. The fourth-order valence-electron chi connectivity index (χ4n) is 2.23. The van der Waals surface area contributed by atoms with Gasteiger partial charge < -0.3 is 24.8 Å². The SMILES string of the molecule is CC1=C(C)C(C)[C]([Ti+2][NH]c2ccccc2)=C1C.[Cl-].[Cl-]. The molecule has 2 rings (SSSR count). The van der Waals surface area contributed by atoms with E-state index in [1.165, 1.54) is 16.8 Å². The van der Waals surface area contributed by atoms with Crippen molar-refractivity contribution in [3.05, 3.63) is 50.9 Å². The van der Waals surface area contributed by atoms with E-state index in [0.29, 0.717) is 5.92 Å². The van der Waals surface area contributed by atoms with Gasteiger partial charge in [0.15, 0.2) is 0 Å². The molecule has 102 valence electrons. The monoisotopic (exact) mass is 331 g/mol. The van der Waals surface area contributed by atoms with Gasteiger partial charge in [-0.2, -0.15) is 0 Å². The molecule has 1 aliphatic carbocycles. The second-order valence-corrected chi connectivity index (χ2v) is 6.31. The van der Waals surface area contributed by atoms with Gasteiger partial charge in [-0.3, -0.25) is 0 Å². The standard InChI is InChI=1S/C9H13.C6H6N.2ClH.Ti/c1-6-5-7(2)9(4)8(6)3;7-6-4-2-1-3-5-6;;;/h6H,1-4H3;1-5,7H;2*1H;/q;-1;;;+3/p-2. The molecule has 0 radical (unpaired) electrons. The van der Waals surface area contributed by atoms with Crippen molar-refractivity contribution in [2.75, 3.05) is 3.80 Å². The Morgan fingerprint density at radius 1 is 0.947 bits per heavy atom. The van der Waals surface area contributed by atoms with Gasteiger partial charge in [0.05, 0.1) is 0 Å². The van der Waals surface area contributed by atoms with Crippen molar-refractivity contribution in [1.82, 2.24) is 0 Å². The minimum absolute atomic E-state index is 0. The van der Waals surface area contributed by atoms with Crippen LogP contribution in [0.4, 0.5) is 5.69 Å². The van der Waals surface area contributed by atoms with Crippen LogP contribution < -0.4 is 28.6 Å².